The molecule has 2 N–H and O–H groups in total. The lowest BCUT2D eigenvalue weighted by Gasteiger charge is -1.95. The highest BCUT2D eigenvalue weighted by Crippen LogP contribution is 2.38. The Labute approximate surface area is 153 Å². The number of hydrogen-bond acceptors (Lipinski definition) is 6. The van der Waals surface area contributed by atoms with Crippen molar-refractivity contribution < 1.29 is 5.11 Å². The molecule has 0 unspecified atom stereocenters. The van der Waals surface area contributed by atoms with Gasteiger partial charge >= 0.3 is 0 Å². The fourth-order valence-electron chi connectivity index (χ4n) is 3.33. The normalized spacial score (nSPS) is 12.1. The van der Waals surface area contributed by atoms with Gasteiger partial charge in [0.15, 0.2) is 11.3 Å². The van der Waals surface area contributed by atoms with Gasteiger partial charge in [0.2, 0.25) is 5.88 Å². The van der Waals surface area contributed by atoms with E-state index >= 15 is 0 Å². The van der Waals surface area contributed by atoms with E-state index in [2.05, 4.69) is 30.4 Å². The van der Waals surface area contributed by atoms with Gasteiger partial charge in [-0.15, -0.1) is 20.4 Å². The molecule has 0 atom stereocenters. The van der Waals surface area contributed by atoms with Crippen LogP contribution in [0.1, 0.15) is 5.56 Å². The van der Waals surface area contributed by atoms with E-state index < -0.39 is 0 Å². The number of aromatic nitrogens is 5. The van der Waals surface area contributed by atoms with Gasteiger partial charge in [0.1, 0.15) is 5.52 Å². The molecule has 0 radical (unpaired) electrons. The molecule has 132 valence electrons. The minimum absolute atomic E-state index is 0.0372. The first kappa shape index (κ1) is 15.4. The van der Waals surface area contributed by atoms with Crippen LogP contribution in [-0.2, 0) is 7.05 Å². The topological polar surface area (TPSA) is 104 Å². The van der Waals surface area contributed by atoms with E-state index in [9.17, 15) is 5.11 Å². The monoisotopic (exact) mass is 357 g/mol. The van der Waals surface area contributed by atoms with Gasteiger partial charge in [-0.25, -0.2) is 0 Å². The Morgan fingerprint density at radius 3 is 2.70 bits per heavy atom. The van der Waals surface area contributed by atoms with E-state index in [0.717, 1.165) is 27.4 Å². The van der Waals surface area contributed by atoms with Crippen LogP contribution in [0.25, 0.3) is 33.0 Å². The predicted octanol–water partition coefficient (Wildman–Crippen LogP) is 4.43. The molecule has 8 heteroatoms. The van der Waals surface area contributed by atoms with Gasteiger partial charge in [-0.1, -0.05) is 36.4 Å². The zero-order chi connectivity index (χ0) is 18.5. The number of azo groups is 1. The van der Waals surface area contributed by atoms with Gasteiger partial charge in [0.25, 0.3) is 5.95 Å². The third kappa shape index (κ3) is 2.27. The van der Waals surface area contributed by atoms with Crippen molar-refractivity contribution >= 4 is 44.6 Å². The molecule has 3 aromatic heterocycles. The molecule has 0 aliphatic rings. The average Bonchev–Trinajstić information content (AvgIpc) is 3.17. The Hall–Kier alpha value is -3.81. The molecule has 0 spiro atoms. The Bertz CT molecular complexity index is 1360. The van der Waals surface area contributed by atoms with E-state index in [1.807, 2.05) is 49.4 Å². The number of H-pyrrole nitrogens is 1. The standard InChI is InChI=1S/C19H15N7O/c1-10-6-5-8-12-14(10)20-17-15(12)22-24-19(21-17)25-23-16-11-7-3-4-9-13(11)26(2)18(16)27/h3-9,27H,1-2H3,(H,20,21,24). The van der Waals surface area contributed by atoms with Crippen molar-refractivity contribution in [1.82, 2.24) is 24.7 Å². The minimum atomic E-state index is 0.0372. The first-order valence-electron chi connectivity index (χ1n) is 8.43. The highest BCUT2D eigenvalue weighted by atomic mass is 16.3. The summed E-state index contributed by atoms with van der Waals surface area (Å²) in [7, 11) is 1.77. The maximum atomic E-state index is 10.3. The van der Waals surface area contributed by atoms with E-state index in [1.54, 1.807) is 11.6 Å². The van der Waals surface area contributed by atoms with Crippen molar-refractivity contribution in [1.29, 1.82) is 0 Å². The molecule has 5 aromatic rings. The van der Waals surface area contributed by atoms with Crippen LogP contribution in [0, 0.1) is 6.92 Å². The van der Waals surface area contributed by atoms with Crippen molar-refractivity contribution in [2.24, 2.45) is 17.3 Å². The van der Waals surface area contributed by atoms with E-state index in [-0.39, 0.29) is 11.8 Å². The van der Waals surface area contributed by atoms with Crippen LogP contribution in [0.5, 0.6) is 5.88 Å². The summed E-state index contributed by atoms with van der Waals surface area (Å²) >= 11 is 0. The number of hydrogen-bond donors (Lipinski definition) is 2. The molecule has 0 aliphatic heterocycles. The molecule has 5 rings (SSSR count). The summed E-state index contributed by atoms with van der Waals surface area (Å²) < 4.78 is 1.66. The van der Waals surface area contributed by atoms with Gasteiger partial charge in [-0.2, -0.15) is 4.98 Å². The fraction of sp³-hybridized carbons (Fsp3) is 0.105. The number of aryl methyl sites for hydroxylation is 2. The molecule has 0 saturated carbocycles. The zero-order valence-corrected chi connectivity index (χ0v) is 14.7. The Morgan fingerprint density at radius 2 is 1.81 bits per heavy atom. The highest BCUT2D eigenvalue weighted by Gasteiger charge is 2.14. The molecule has 0 aliphatic carbocycles. The quantitative estimate of drug-likeness (QED) is 0.456. The molecule has 0 saturated heterocycles. The number of aromatic amines is 1. The minimum Gasteiger partial charge on any atom is -0.493 e. The molecule has 0 fully saturated rings. The van der Waals surface area contributed by atoms with Crippen LogP contribution >= 0.6 is 0 Å². The summed E-state index contributed by atoms with van der Waals surface area (Å²) in [4.78, 5) is 7.67. The van der Waals surface area contributed by atoms with Gasteiger partial charge in [0, 0.05) is 17.8 Å². The first-order valence-corrected chi connectivity index (χ1v) is 8.43. The number of aromatic hydroxyl groups is 1. The smallest absolute Gasteiger partial charge is 0.289 e. The van der Waals surface area contributed by atoms with Crippen LogP contribution in [-0.4, -0.2) is 29.8 Å². The lowest BCUT2D eigenvalue weighted by molar-refractivity contribution is 0.436. The van der Waals surface area contributed by atoms with Crippen LogP contribution < -0.4 is 0 Å². The summed E-state index contributed by atoms with van der Waals surface area (Å²) in [5.41, 5.74) is 4.63. The maximum absolute atomic E-state index is 10.3. The second-order valence-electron chi connectivity index (χ2n) is 6.38. The number of benzene rings is 2. The summed E-state index contributed by atoms with van der Waals surface area (Å²) in [6.07, 6.45) is 0. The van der Waals surface area contributed by atoms with E-state index in [0.29, 0.717) is 16.9 Å². The maximum Gasteiger partial charge on any atom is 0.289 e. The molecular formula is C19H15N7O. The largest absolute Gasteiger partial charge is 0.493 e. The summed E-state index contributed by atoms with van der Waals surface area (Å²) in [6, 6.07) is 13.6. The third-order valence-corrected chi connectivity index (χ3v) is 4.74. The van der Waals surface area contributed by atoms with Crippen molar-refractivity contribution in [3.8, 4) is 5.88 Å². The number of fused-ring (bicyclic) bond motifs is 4. The van der Waals surface area contributed by atoms with Crippen LogP contribution in [0.15, 0.2) is 52.7 Å². The second kappa shape index (κ2) is 5.60. The van der Waals surface area contributed by atoms with Crippen LogP contribution in [0.4, 0.5) is 11.6 Å². The van der Waals surface area contributed by atoms with Crippen molar-refractivity contribution in [3.05, 3.63) is 48.0 Å². The van der Waals surface area contributed by atoms with Gasteiger partial charge in [-0.3, -0.25) is 0 Å². The molecule has 3 heterocycles. The van der Waals surface area contributed by atoms with Gasteiger partial charge in [0.05, 0.1) is 11.0 Å². The Balaban J connectivity index is 1.62. The SMILES string of the molecule is Cc1cccc2c1[nH]c1nc(N=Nc3c(O)n(C)c4ccccc34)nnc12. The molecule has 0 amide bonds. The summed E-state index contributed by atoms with van der Waals surface area (Å²) in [5.74, 6) is 0.161. The second-order valence-corrected chi connectivity index (χ2v) is 6.38. The fourth-order valence-corrected chi connectivity index (χ4v) is 3.33. The van der Waals surface area contributed by atoms with Gasteiger partial charge < -0.3 is 14.7 Å². The van der Waals surface area contributed by atoms with Crippen LogP contribution in [0.2, 0.25) is 0 Å². The lowest BCUT2D eigenvalue weighted by atomic mass is 10.1. The molecule has 0 bridgehead atoms. The Morgan fingerprint density at radius 1 is 1.00 bits per heavy atom. The number of para-hydroxylation sites is 2. The van der Waals surface area contributed by atoms with Gasteiger partial charge in [-0.05, 0) is 18.6 Å². The lowest BCUT2D eigenvalue weighted by Crippen LogP contribution is -1.86. The van der Waals surface area contributed by atoms with Crippen molar-refractivity contribution in [2.45, 2.75) is 6.92 Å². The number of nitrogens with one attached hydrogen (secondary N) is 1. The van der Waals surface area contributed by atoms with E-state index in [4.69, 9.17) is 0 Å². The number of rotatable bonds is 2. The Kier molecular flexibility index (Phi) is 3.20. The van der Waals surface area contributed by atoms with E-state index in [1.165, 1.54) is 0 Å². The molecule has 8 nitrogen and oxygen atoms in total. The highest BCUT2D eigenvalue weighted by molar-refractivity contribution is 6.04. The van der Waals surface area contributed by atoms with Crippen molar-refractivity contribution in [2.75, 3.05) is 0 Å². The summed E-state index contributed by atoms with van der Waals surface area (Å²) in [6.45, 7) is 2.02. The van der Waals surface area contributed by atoms with Crippen molar-refractivity contribution in [3.63, 3.8) is 0 Å². The van der Waals surface area contributed by atoms with Crippen LogP contribution in [0.3, 0.4) is 0 Å². The number of nitrogens with zero attached hydrogens (tertiary/aromatic N) is 6. The molecule has 27 heavy (non-hydrogen) atoms. The summed E-state index contributed by atoms with van der Waals surface area (Å²) in [5, 5.41) is 28.7. The molecular weight excluding hydrogens is 342 g/mol. The third-order valence-electron chi connectivity index (χ3n) is 4.74. The first-order chi connectivity index (χ1) is 13.1. The molecule has 2 aromatic carbocycles. The average molecular weight is 357 g/mol. The zero-order valence-electron chi connectivity index (χ0n) is 14.7. The predicted molar refractivity (Wildman–Crippen MR) is 103 cm³/mol.